The van der Waals surface area contributed by atoms with Crippen molar-refractivity contribution >= 4 is 0 Å². The van der Waals surface area contributed by atoms with Crippen molar-refractivity contribution in [3.05, 3.63) is 95.9 Å². The second kappa shape index (κ2) is 10.3. The van der Waals surface area contributed by atoms with Crippen LogP contribution in [0.3, 0.4) is 0 Å². The number of unbranched alkanes of at least 4 members (excludes halogenated alkanes) is 1. The van der Waals surface area contributed by atoms with Gasteiger partial charge in [-0.05, 0) is 55.2 Å². The number of hydrogen-bond donors (Lipinski definition) is 0. The van der Waals surface area contributed by atoms with E-state index in [0.29, 0.717) is 17.9 Å². The summed E-state index contributed by atoms with van der Waals surface area (Å²) in [7, 11) is 0. The molecule has 0 aliphatic carbocycles. The summed E-state index contributed by atoms with van der Waals surface area (Å²) in [5, 5.41) is 7.75. The Bertz CT molecular complexity index is 1140. The Balaban J connectivity index is 1.26. The average Bonchev–Trinajstić information content (AvgIpc) is 3.35. The van der Waals surface area contributed by atoms with Gasteiger partial charge in [0.2, 0.25) is 0 Å². The van der Waals surface area contributed by atoms with E-state index in [1.165, 1.54) is 11.6 Å². The molecule has 0 unspecified atom stereocenters. The van der Waals surface area contributed by atoms with Gasteiger partial charge < -0.3 is 4.74 Å². The lowest BCUT2D eigenvalue weighted by Gasteiger charge is -2.10. The molecule has 0 amide bonds. The molecule has 0 aliphatic rings. The third-order valence-electron chi connectivity index (χ3n) is 5.21. The normalized spacial score (nSPS) is 11.5. The number of ether oxygens (including phenoxy) is 1. The second-order valence-corrected chi connectivity index (χ2v) is 7.69. The molecule has 8 heteroatoms. The van der Waals surface area contributed by atoms with E-state index in [2.05, 4.69) is 27.4 Å². The third-order valence-corrected chi connectivity index (χ3v) is 5.21. The van der Waals surface area contributed by atoms with Gasteiger partial charge in [0, 0.05) is 30.1 Å². The first-order valence-electron chi connectivity index (χ1n) is 10.7. The van der Waals surface area contributed by atoms with Crippen LogP contribution in [0.1, 0.15) is 29.5 Å². The monoisotopic (exact) mass is 452 g/mol. The van der Waals surface area contributed by atoms with Gasteiger partial charge in [-0.25, -0.2) is 0 Å². The van der Waals surface area contributed by atoms with E-state index in [4.69, 9.17) is 4.74 Å². The Morgan fingerprint density at radius 3 is 2.42 bits per heavy atom. The second-order valence-electron chi connectivity index (χ2n) is 7.69. The molecule has 0 N–H and O–H groups in total. The summed E-state index contributed by atoms with van der Waals surface area (Å²) in [5.74, 6) is 0.753. The molecule has 0 saturated carbocycles. The van der Waals surface area contributed by atoms with Crippen LogP contribution in [0.25, 0.3) is 11.3 Å². The Labute approximate surface area is 189 Å². The van der Waals surface area contributed by atoms with Gasteiger partial charge in [-0.1, -0.05) is 35.5 Å². The maximum absolute atomic E-state index is 12.9. The first-order chi connectivity index (χ1) is 16.0. The summed E-state index contributed by atoms with van der Waals surface area (Å²) in [6, 6.07) is 16.7. The molecule has 2 heterocycles. The molecular formula is C25H23F3N4O. The zero-order valence-corrected chi connectivity index (χ0v) is 17.9. The zero-order valence-electron chi connectivity index (χ0n) is 17.9. The fourth-order valence-electron chi connectivity index (χ4n) is 3.41. The quantitative estimate of drug-likeness (QED) is 0.294. The number of pyridine rings is 1. The van der Waals surface area contributed by atoms with Gasteiger partial charge in [-0.2, -0.15) is 13.2 Å². The summed E-state index contributed by atoms with van der Waals surface area (Å²) < 4.78 is 46.4. The predicted octanol–water partition coefficient (Wildman–Crippen LogP) is 5.96. The lowest BCUT2D eigenvalue weighted by Crippen LogP contribution is -2.04. The van der Waals surface area contributed by atoms with E-state index in [1.807, 2.05) is 29.1 Å². The molecule has 0 spiro atoms. The number of benzene rings is 2. The van der Waals surface area contributed by atoms with E-state index in [1.54, 1.807) is 24.5 Å². The number of rotatable bonds is 9. The van der Waals surface area contributed by atoms with Gasteiger partial charge >= 0.3 is 6.18 Å². The molecule has 0 fully saturated rings. The van der Waals surface area contributed by atoms with Crippen molar-refractivity contribution < 1.29 is 17.9 Å². The lowest BCUT2D eigenvalue weighted by molar-refractivity contribution is -0.137. The third kappa shape index (κ3) is 6.41. The maximum atomic E-state index is 12.9. The van der Waals surface area contributed by atoms with Crippen molar-refractivity contribution in [3.63, 3.8) is 0 Å². The minimum Gasteiger partial charge on any atom is -0.489 e. The highest BCUT2D eigenvalue weighted by Crippen LogP contribution is 2.31. The van der Waals surface area contributed by atoms with Crippen LogP contribution in [-0.4, -0.2) is 20.0 Å². The smallest absolute Gasteiger partial charge is 0.416 e. The molecule has 0 aliphatic heterocycles. The summed E-state index contributed by atoms with van der Waals surface area (Å²) >= 11 is 0. The van der Waals surface area contributed by atoms with Crippen LogP contribution in [0.15, 0.2) is 79.3 Å². The summed E-state index contributed by atoms with van der Waals surface area (Å²) in [6.45, 7) is 1.19. The molecule has 2 aromatic carbocycles. The van der Waals surface area contributed by atoms with Gasteiger partial charge in [-0.15, -0.1) is 5.10 Å². The average molecular weight is 452 g/mol. The van der Waals surface area contributed by atoms with E-state index in [-0.39, 0.29) is 0 Å². The van der Waals surface area contributed by atoms with E-state index in [0.717, 1.165) is 49.3 Å². The van der Waals surface area contributed by atoms with Crippen molar-refractivity contribution in [3.8, 4) is 17.0 Å². The van der Waals surface area contributed by atoms with Crippen LogP contribution in [0.5, 0.6) is 5.75 Å². The number of aryl methyl sites for hydroxylation is 2. The molecule has 33 heavy (non-hydrogen) atoms. The molecular weight excluding hydrogens is 429 g/mol. The zero-order chi connectivity index (χ0) is 23.1. The number of alkyl halides is 3. The number of halogens is 3. The van der Waals surface area contributed by atoms with E-state index >= 15 is 0 Å². The Morgan fingerprint density at radius 1 is 0.909 bits per heavy atom. The van der Waals surface area contributed by atoms with Crippen LogP contribution in [0.4, 0.5) is 13.2 Å². The predicted molar refractivity (Wildman–Crippen MR) is 118 cm³/mol. The highest BCUT2D eigenvalue weighted by Gasteiger charge is 2.30. The van der Waals surface area contributed by atoms with Crippen molar-refractivity contribution in [1.82, 2.24) is 20.0 Å². The minimum atomic E-state index is -4.38. The summed E-state index contributed by atoms with van der Waals surface area (Å²) in [5.41, 5.74) is 2.30. The fourth-order valence-corrected chi connectivity index (χ4v) is 3.41. The van der Waals surface area contributed by atoms with E-state index < -0.39 is 11.7 Å². The Kier molecular flexibility index (Phi) is 7.02. The standard InChI is InChI=1S/C25H23F3N4O/c26-25(27,28)22-6-3-5-21(16-22)24-12-9-20(17-29-24)18-33-23-10-7-19(8-11-23)4-1-2-14-32-15-13-30-31-32/h3,5-13,15-17H,1-2,4,14,18H2. The number of hydrogen-bond acceptors (Lipinski definition) is 4. The van der Waals surface area contributed by atoms with Gasteiger partial charge in [0.05, 0.1) is 17.5 Å². The van der Waals surface area contributed by atoms with Crippen molar-refractivity contribution in [2.75, 3.05) is 0 Å². The lowest BCUT2D eigenvalue weighted by atomic mass is 10.1. The van der Waals surface area contributed by atoms with Gasteiger partial charge in [0.1, 0.15) is 12.4 Å². The highest BCUT2D eigenvalue weighted by molar-refractivity contribution is 5.60. The minimum absolute atomic E-state index is 0.327. The van der Waals surface area contributed by atoms with Gasteiger partial charge in [0.25, 0.3) is 0 Å². The summed E-state index contributed by atoms with van der Waals surface area (Å²) in [4.78, 5) is 4.30. The largest absolute Gasteiger partial charge is 0.489 e. The summed E-state index contributed by atoms with van der Waals surface area (Å²) in [6.07, 6.45) is 3.86. The van der Waals surface area contributed by atoms with Crippen molar-refractivity contribution in [2.24, 2.45) is 0 Å². The van der Waals surface area contributed by atoms with E-state index in [9.17, 15) is 13.2 Å². The molecule has 4 aromatic rings. The van der Waals surface area contributed by atoms with Crippen molar-refractivity contribution in [2.45, 2.75) is 38.6 Å². The fraction of sp³-hybridized carbons (Fsp3) is 0.240. The molecule has 0 atom stereocenters. The molecule has 0 bridgehead atoms. The van der Waals surface area contributed by atoms with Crippen LogP contribution in [-0.2, 0) is 25.7 Å². The van der Waals surface area contributed by atoms with Crippen LogP contribution in [0.2, 0.25) is 0 Å². The van der Waals surface area contributed by atoms with Crippen LogP contribution < -0.4 is 4.74 Å². The number of aromatic nitrogens is 4. The topological polar surface area (TPSA) is 52.8 Å². The Morgan fingerprint density at radius 2 is 1.73 bits per heavy atom. The molecule has 0 saturated heterocycles. The molecule has 0 radical (unpaired) electrons. The van der Waals surface area contributed by atoms with Gasteiger partial charge in [0.15, 0.2) is 0 Å². The Hall–Kier alpha value is -3.68. The molecule has 5 nitrogen and oxygen atoms in total. The van der Waals surface area contributed by atoms with Gasteiger partial charge in [-0.3, -0.25) is 9.67 Å². The van der Waals surface area contributed by atoms with Crippen LogP contribution >= 0.6 is 0 Å². The van der Waals surface area contributed by atoms with Crippen molar-refractivity contribution in [1.29, 1.82) is 0 Å². The highest BCUT2D eigenvalue weighted by atomic mass is 19.4. The first kappa shape index (κ1) is 22.5. The molecule has 4 rings (SSSR count). The first-order valence-corrected chi connectivity index (χ1v) is 10.7. The SMILES string of the molecule is FC(F)(F)c1cccc(-c2ccc(COc3ccc(CCCCn4ccnn4)cc3)cn2)c1. The van der Waals surface area contributed by atoms with Crippen LogP contribution in [0, 0.1) is 0 Å². The molecule has 2 aromatic heterocycles. The molecule has 170 valence electrons. The number of nitrogens with zero attached hydrogens (tertiary/aromatic N) is 4. The maximum Gasteiger partial charge on any atom is 0.416 e.